The van der Waals surface area contributed by atoms with Crippen LogP contribution in [0.15, 0.2) is 152 Å². The van der Waals surface area contributed by atoms with Crippen molar-refractivity contribution in [3.8, 4) is 54.6 Å². The molecule has 0 bridgehead atoms. The number of hydrogen-bond acceptors (Lipinski definition) is 6. The smallest absolute Gasteiger partial charge is 0.160 e. The number of aryl methyl sites for hydroxylation is 1. The number of carbonyl (C=O) groups is 1. The van der Waals surface area contributed by atoms with Gasteiger partial charge in [-0.15, -0.1) is 22.7 Å². The number of rotatable bonds is 25. The summed E-state index contributed by atoms with van der Waals surface area (Å²) < 4.78 is 13.2. The summed E-state index contributed by atoms with van der Waals surface area (Å²) in [6.07, 6.45) is 16.5. The van der Waals surface area contributed by atoms with Crippen LogP contribution in [0.5, 0.6) is 11.5 Å². The highest BCUT2D eigenvalue weighted by molar-refractivity contribution is 7.21. The maximum atomic E-state index is 11.6. The van der Waals surface area contributed by atoms with Gasteiger partial charge in [-0.25, -0.2) is 0 Å². The molecule has 6 heteroatoms. The van der Waals surface area contributed by atoms with E-state index in [0.29, 0.717) is 0 Å². The Morgan fingerprint density at radius 1 is 0.448 bits per heavy atom. The van der Waals surface area contributed by atoms with Crippen molar-refractivity contribution < 1.29 is 14.3 Å². The molecule has 344 valence electrons. The zero-order valence-corrected chi connectivity index (χ0v) is 41.2. The molecule has 0 saturated carbocycles. The second kappa shape index (κ2) is 24.2. The zero-order valence-electron chi connectivity index (χ0n) is 39.6. The molecule has 8 rings (SSSR count). The Hall–Kier alpha value is -5.95. The molecule has 2 aromatic heterocycles. The number of carbonyl (C=O) groups excluding carboxylic acids is 1. The van der Waals surface area contributed by atoms with E-state index in [-0.39, 0.29) is 0 Å². The number of aldehydes is 1. The van der Waals surface area contributed by atoms with Crippen molar-refractivity contribution in [3.63, 3.8) is 0 Å². The van der Waals surface area contributed by atoms with Crippen LogP contribution in [0, 0.1) is 0 Å². The monoisotopic (exact) mass is 923 g/mol. The number of unbranched alkanes of at least 4 members (excludes halogenated alkanes) is 9. The van der Waals surface area contributed by atoms with Gasteiger partial charge in [0.2, 0.25) is 0 Å². The molecule has 0 saturated heterocycles. The summed E-state index contributed by atoms with van der Waals surface area (Å²) >= 11 is 3.45. The Morgan fingerprint density at radius 2 is 0.896 bits per heavy atom. The highest BCUT2D eigenvalue weighted by atomic mass is 32.1. The van der Waals surface area contributed by atoms with E-state index in [2.05, 4.69) is 171 Å². The lowest BCUT2D eigenvalue weighted by Crippen LogP contribution is -2.09. The molecule has 2 heterocycles. The summed E-state index contributed by atoms with van der Waals surface area (Å²) in [7, 11) is 0. The van der Waals surface area contributed by atoms with Crippen LogP contribution in [-0.2, 0) is 6.42 Å². The molecule has 0 atom stereocenters. The van der Waals surface area contributed by atoms with Crippen LogP contribution in [0.3, 0.4) is 0 Å². The number of nitrogens with zero attached hydrogens (tertiary/aromatic N) is 1. The number of fused-ring (bicyclic) bond motifs is 1. The van der Waals surface area contributed by atoms with Crippen LogP contribution in [0.2, 0.25) is 0 Å². The van der Waals surface area contributed by atoms with Crippen LogP contribution in [0.4, 0.5) is 17.1 Å². The van der Waals surface area contributed by atoms with Crippen molar-refractivity contribution in [1.82, 2.24) is 0 Å². The Morgan fingerprint density at radius 3 is 1.37 bits per heavy atom. The lowest BCUT2D eigenvalue weighted by atomic mass is 10.0. The van der Waals surface area contributed by atoms with Crippen LogP contribution in [0.1, 0.15) is 113 Å². The van der Waals surface area contributed by atoms with E-state index in [4.69, 9.17) is 9.47 Å². The largest absolute Gasteiger partial charge is 0.494 e. The number of anilines is 3. The summed E-state index contributed by atoms with van der Waals surface area (Å²) in [6, 6.07) is 55.0. The summed E-state index contributed by atoms with van der Waals surface area (Å²) in [5.41, 5.74) is 11.8. The SMILES string of the molecule is CCCCCCOc1ccc(-c2ccc(N(c3ccc(-c4ccc(OCCCCCC)cc4)cc3)c3ccc(-c4cc(CCCCCC)c(-c5ccc6cc(C=O)sc6c5)s4)cc3)cc2)cc1. The van der Waals surface area contributed by atoms with Gasteiger partial charge in [0.25, 0.3) is 0 Å². The molecule has 67 heavy (non-hydrogen) atoms. The van der Waals surface area contributed by atoms with Gasteiger partial charge in [0, 0.05) is 31.5 Å². The summed E-state index contributed by atoms with van der Waals surface area (Å²) in [6.45, 7) is 8.27. The average Bonchev–Trinajstić information content (AvgIpc) is 4.01. The molecule has 0 aliphatic carbocycles. The number of hydrogen-bond donors (Lipinski definition) is 0. The first kappa shape index (κ1) is 47.5. The van der Waals surface area contributed by atoms with Crippen molar-refractivity contribution in [2.75, 3.05) is 18.1 Å². The summed E-state index contributed by atoms with van der Waals surface area (Å²) in [4.78, 5) is 17.3. The number of thiophene rings is 2. The number of benzene rings is 6. The molecule has 6 aromatic carbocycles. The van der Waals surface area contributed by atoms with E-state index in [1.807, 2.05) is 17.4 Å². The molecule has 0 aliphatic rings. The van der Waals surface area contributed by atoms with Crippen LogP contribution in [-0.4, -0.2) is 19.5 Å². The van der Waals surface area contributed by atoms with Crippen molar-refractivity contribution >= 4 is 56.1 Å². The molecule has 0 unspecified atom stereocenters. The van der Waals surface area contributed by atoms with Gasteiger partial charge in [-0.1, -0.05) is 151 Å². The van der Waals surface area contributed by atoms with E-state index in [9.17, 15) is 4.79 Å². The fourth-order valence-corrected chi connectivity index (χ4v) is 10.9. The number of ether oxygens (including phenoxy) is 2. The molecule has 8 aromatic rings. The van der Waals surface area contributed by atoms with E-state index in [1.165, 1.54) is 113 Å². The lowest BCUT2D eigenvalue weighted by Gasteiger charge is -2.26. The minimum Gasteiger partial charge on any atom is -0.494 e. The predicted molar refractivity (Wildman–Crippen MR) is 289 cm³/mol. The van der Waals surface area contributed by atoms with Gasteiger partial charge in [0.05, 0.1) is 18.1 Å². The maximum absolute atomic E-state index is 11.6. The Bertz CT molecular complexity index is 2650. The molecule has 0 spiro atoms. The molecular weight excluding hydrogens is 859 g/mol. The van der Waals surface area contributed by atoms with Crippen molar-refractivity contribution in [2.24, 2.45) is 0 Å². The third kappa shape index (κ3) is 12.5. The Kier molecular flexibility index (Phi) is 17.2. The fourth-order valence-electron chi connectivity index (χ4n) is 8.75. The minimum atomic E-state index is 0.762. The molecular formula is C61H65NO3S2. The average molecular weight is 924 g/mol. The second-order valence-electron chi connectivity index (χ2n) is 17.6. The molecule has 0 N–H and O–H groups in total. The van der Waals surface area contributed by atoms with E-state index in [0.717, 1.165) is 82.3 Å². The first-order valence-electron chi connectivity index (χ1n) is 24.7. The highest BCUT2D eigenvalue weighted by Gasteiger charge is 2.17. The normalized spacial score (nSPS) is 11.3. The Labute approximate surface area is 407 Å². The Balaban J connectivity index is 1.06. The molecule has 4 nitrogen and oxygen atoms in total. The van der Waals surface area contributed by atoms with E-state index < -0.39 is 0 Å². The van der Waals surface area contributed by atoms with Gasteiger partial charge in [-0.2, -0.15) is 0 Å². The quantitative estimate of drug-likeness (QED) is 0.0423. The van der Waals surface area contributed by atoms with Gasteiger partial charge >= 0.3 is 0 Å². The maximum Gasteiger partial charge on any atom is 0.160 e. The van der Waals surface area contributed by atoms with Gasteiger partial charge < -0.3 is 14.4 Å². The first-order chi connectivity index (χ1) is 33.0. The van der Waals surface area contributed by atoms with E-state index in [1.54, 1.807) is 11.3 Å². The highest BCUT2D eigenvalue weighted by Crippen LogP contribution is 2.43. The third-order valence-electron chi connectivity index (χ3n) is 12.6. The topological polar surface area (TPSA) is 38.8 Å². The lowest BCUT2D eigenvalue weighted by molar-refractivity contribution is 0.112. The zero-order chi connectivity index (χ0) is 46.2. The second-order valence-corrected chi connectivity index (χ2v) is 19.8. The van der Waals surface area contributed by atoms with Gasteiger partial charge in [-0.3, -0.25) is 4.79 Å². The van der Waals surface area contributed by atoms with Crippen LogP contribution < -0.4 is 14.4 Å². The predicted octanol–water partition coefficient (Wildman–Crippen LogP) is 19.0. The van der Waals surface area contributed by atoms with Crippen molar-refractivity contribution in [1.29, 1.82) is 0 Å². The standard InChI is InChI=1S/C61H65NO3S2/c1-4-7-10-13-16-51-42-59(67-61(51)52-18-17-50-41-58(44-63)66-60(50)43-52)49-23-33-55(34-24-49)62(53-29-19-45(20-30-53)47-25-35-56(36-26-47)64-39-14-11-8-5-2)54-31-21-46(22-32-54)48-27-37-57(38-28-48)65-40-15-12-9-6-3/h17-38,41-44H,4-16,39-40H2,1-3H3. The van der Waals surface area contributed by atoms with Gasteiger partial charge in [0.15, 0.2) is 6.29 Å². The molecule has 0 radical (unpaired) electrons. The van der Waals surface area contributed by atoms with Crippen LogP contribution in [0.25, 0.3) is 53.2 Å². The molecule has 0 fully saturated rings. The van der Waals surface area contributed by atoms with Crippen molar-refractivity contribution in [2.45, 2.75) is 104 Å². The van der Waals surface area contributed by atoms with Gasteiger partial charge in [0.1, 0.15) is 11.5 Å². The fraction of sp³-hybridized carbons (Fsp3) is 0.295. The molecule has 0 aliphatic heterocycles. The third-order valence-corrected chi connectivity index (χ3v) is 14.9. The molecule has 0 amide bonds. The minimum absolute atomic E-state index is 0.762. The summed E-state index contributed by atoms with van der Waals surface area (Å²) in [5, 5.41) is 1.13. The summed E-state index contributed by atoms with van der Waals surface area (Å²) in [5.74, 6) is 1.85. The van der Waals surface area contributed by atoms with E-state index >= 15 is 0 Å². The first-order valence-corrected chi connectivity index (χ1v) is 26.4. The van der Waals surface area contributed by atoms with Crippen LogP contribution >= 0.6 is 22.7 Å². The van der Waals surface area contributed by atoms with Crippen molar-refractivity contribution in [3.05, 3.63) is 162 Å². The van der Waals surface area contributed by atoms with Gasteiger partial charge in [-0.05, 0) is 149 Å².